The molecule has 0 aliphatic carbocycles. The summed E-state index contributed by atoms with van der Waals surface area (Å²) in [6.07, 6.45) is 1.57. The van der Waals surface area contributed by atoms with Gasteiger partial charge >= 0.3 is 0 Å². The van der Waals surface area contributed by atoms with Crippen LogP contribution in [0.15, 0.2) is 35.1 Å². The Bertz CT molecular complexity index is 940. The number of hydrogen-bond donors (Lipinski definition) is 0. The minimum atomic E-state index is -0.719. The topological polar surface area (TPSA) is 49.2 Å². The first-order chi connectivity index (χ1) is 13.0. The first kappa shape index (κ1) is 20.3. The van der Waals surface area contributed by atoms with Gasteiger partial charge in [0.15, 0.2) is 23.8 Å². The van der Waals surface area contributed by atoms with Gasteiger partial charge in [0.05, 0.1) is 25.1 Å². The summed E-state index contributed by atoms with van der Waals surface area (Å²) in [6, 6.07) is 7.77. The Morgan fingerprint density at radius 2 is 1.81 bits per heavy atom. The van der Waals surface area contributed by atoms with E-state index in [9.17, 15) is 3.89 Å². The van der Waals surface area contributed by atoms with Crippen molar-refractivity contribution in [3.63, 3.8) is 0 Å². The molecule has 1 aliphatic rings. The Morgan fingerprint density at radius 3 is 2.41 bits per heavy atom. The van der Waals surface area contributed by atoms with Crippen LogP contribution in [0, 0.1) is 6.92 Å². The van der Waals surface area contributed by atoms with Crippen molar-refractivity contribution in [3.05, 3.63) is 46.2 Å². The highest BCUT2D eigenvalue weighted by atomic mass is 79.9. The van der Waals surface area contributed by atoms with Crippen molar-refractivity contribution in [2.45, 2.75) is 33.5 Å². The molecule has 144 valence electrons. The molecule has 1 aromatic carbocycles. The lowest BCUT2D eigenvalue weighted by atomic mass is 10.0. The molecule has 4 rings (SSSR count). The molecule has 0 saturated carbocycles. The van der Waals surface area contributed by atoms with Crippen LogP contribution in [0.25, 0.3) is 22.4 Å². The summed E-state index contributed by atoms with van der Waals surface area (Å²) in [6.45, 7) is 8.98. The van der Waals surface area contributed by atoms with E-state index >= 15 is 0 Å². The highest BCUT2D eigenvalue weighted by Gasteiger charge is 2.33. The highest BCUT2D eigenvalue weighted by molar-refractivity contribution is 9.10. The van der Waals surface area contributed by atoms with Gasteiger partial charge in [0.1, 0.15) is 10.1 Å². The molecule has 1 saturated heterocycles. The van der Waals surface area contributed by atoms with Gasteiger partial charge in [-0.3, -0.25) is 0 Å². The lowest BCUT2D eigenvalue weighted by molar-refractivity contribution is -0.149. The van der Waals surface area contributed by atoms with Gasteiger partial charge in [-0.05, 0) is 35.3 Å². The summed E-state index contributed by atoms with van der Waals surface area (Å²) in [4.78, 5) is 8.74. The van der Waals surface area contributed by atoms with E-state index in [1.165, 1.54) is 3.97 Å². The van der Waals surface area contributed by atoms with Gasteiger partial charge in [-0.25, -0.2) is 13.9 Å². The molecule has 0 atom stereocenters. The summed E-state index contributed by atoms with van der Waals surface area (Å²) >= 11 is 3.45. The van der Waals surface area contributed by atoms with E-state index in [4.69, 9.17) is 9.47 Å². The van der Waals surface area contributed by atoms with Crippen LogP contribution in [0.3, 0.4) is 0 Å². The van der Waals surface area contributed by atoms with E-state index < -0.39 is 5.79 Å². The Hall–Kier alpha value is -1.48. The second-order valence-corrected chi connectivity index (χ2v) is 7.24. The molecular weight excluding hydrogens is 433 g/mol. The summed E-state index contributed by atoms with van der Waals surface area (Å²) in [7, 11) is 0. The predicted octanol–water partition coefficient (Wildman–Crippen LogP) is 5.80. The van der Waals surface area contributed by atoms with E-state index in [1.54, 1.807) is 6.20 Å². The van der Waals surface area contributed by atoms with Gasteiger partial charge in [0.2, 0.25) is 0 Å². The van der Waals surface area contributed by atoms with Crippen molar-refractivity contribution < 1.29 is 13.4 Å². The van der Waals surface area contributed by atoms with E-state index in [1.807, 2.05) is 52.0 Å². The van der Waals surface area contributed by atoms with Crippen LogP contribution in [-0.2, 0) is 15.3 Å². The van der Waals surface area contributed by atoms with Crippen LogP contribution in [0.4, 0.5) is 3.89 Å². The molecule has 0 bridgehead atoms. The monoisotopic (exact) mass is 453 g/mol. The van der Waals surface area contributed by atoms with Crippen molar-refractivity contribution in [2.75, 3.05) is 13.2 Å². The molecule has 2 aromatic heterocycles. The van der Waals surface area contributed by atoms with Crippen LogP contribution in [0.5, 0.6) is 0 Å². The molecule has 8 heteroatoms. The molecule has 27 heavy (non-hydrogen) atoms. The van der Waals surface area contributed by atoms with E-state index in [0.717, 1.165) is 22.4 Å². The average molecular weight is 454 g/mol. The van der Waals surface area contributed by atoms with Crippen LogP contribution in [0.2, 0.25) is 0 Å². The van der Waals surface area contributed by atoms with Gasteiger partial charge in [0, 0.05) is 11.1 Å². The molecular formula is C19H21BrFN3O2S. The number of fused-ring (bicyclic) bond motifs is 1. The molecule has 0 amide bonds. The first-order valence-electron chi connectivity index (χ1n) is 8.75. The summed E-state index contributed by atoms with van der Waals surface area (Å²) < 4.78 is 27.1. The molecule has 3 aromatic rings. The van der Waals surface area contributed by atoms with Gasteiger partial charge < -0.3 is 9.47 Å². The number of halogens is 2. The number of rotatable bonds is 3. The molecule has 0 spiro atoms. The third-order valence-corrected chi connectivity index (χ3v) is 5.30. The molecule has 0 unspecified atom stereocenters. The number of ether oxygens (including phenoxy) is 2. The maximum absolute atomic E-state index is 13.7. The van der Waals surface area contributed by atoms with Crippen molar-refractivity contribution in [3.8, 4) is 11.3 Å². The molecule has 0 radical (unpaired) electrons. The minimum Gasteiger partial charge on any atom is -0.344 e. The van der Waals surface area contributed by atoms with E-state index in [2.05, 4.69) is 25.9 Å². The first-order valence-corrected chi connectivity index (χ1v) is 10.2. The molecule has 1 fully saturated rings. The third kappa shape index (κ3) is 3.63. The van der Waals surface area contributed by atoms with Crippen LogP contribution >= 0.6 is 28.3 Å². The van der Waals surface area contributed by atoms with Gasteiger partial charge in [-0.2, -0.15) is 0 Å². The van der Waals surface area contributed by atoms with Crippen LogP contribution in [-0.4, -0.2) is 27.2 Å². The van der Waals surface area contributed by atoms with Gasteiger partial charge in [-0.1, -0.05) is 38.1 Å². The molecule has 5 nitrogen and oxygen atoms in total. The third-order valence-electron chi connectivity index (χ3n) is 4.42. The zero-order valence-electron chi connectivity index (χ0n) is 15.6. The lowest BCUT2D eigenvalue weighted by Gasteiger charge is -2.22. The molecule has 1 aliphatic heterocycles. The maximum atomic E-state index is 13.7. The molecule has 3 heterocycles. The fraction of sp³-hybridized carbons (Fsp3) is 0.368. The Balaban J connectivity index is 0.00000102. The number of aryl methyl sites for hydroxylation is 1. The van der Waals surface area contributed by atoms with Crippen molar-refractivity contribution in [2.24, 2.45) is 0 Å². The van der Waals surface area contributed by atoms with E-state index in [-0.39, 0.29) is 12.3 Å². The fourth-order valence-electron chi connectivity index (χ4n) is 3.14. The minimum absolute atomic E-state index is 0.125. The smallest absolute Gasteiger partial charge is 0.192 e. The Morgan fingerprint density at radius 1 is 1.19 bits per heavy atom. The van der Waals surface area contributed by atoms with Crippen molar-refractivity contribution >= 4 is 39.4 Å². The SMILES string of the molecule is CC.Cc1c(-c2ccc(C3(C)OCCO3)cc2)n(SF)c2ncc(Br)nc12. The Labute approximate surface area is 170 Å². The number of hydrogen-bond acceptors (Lipinski definition) is 5. The van der Waals surface area contributed by atoms with Crippen LogP contribution in [0.1, 0.15) is 31.9 Å². The fourth-order valence-corrected chi connectivity index (χ4v) is 3.93. The molecule has 0 N–H and O–H groups in total. The standard InChI is InChI=1S/C17H15BrFN3O2S.C2H6/c1-10-14-16(20-9-13(18)21-14)22(25-19)15(10)11-3-5-12(6-4-11)17(2)23-7-8-24-17;1-2/h3-6,9H,7-8H2,1-2H3;1-2H3. The second kappa shape index (κ2) is 8.26. The Kier molecular flexibility index (Phi) is 6.20. The largest absolute Gasteiger partial charge is 0.344 e. The number of nitrogens with zero attached hydrogens (tertiary/aromatic N) is 3. The normalized spacial score (nSPS) is 15.6. The summed E-state index contributed by atoms with van der Waals surface area (Å²) in [5, 5.41) is 0. The van der Waals surface area contributed by atoms with E-state index in [0.29, 0.717) is 29.0 Å². The predicted molar refractivity (Wildman–Crippen MR) is 110 cm³/mol. The zero-order valence-corrected chi connectivity index (χ0v) is 18.0. The van der Waals surface area contributed by atoms with Crippen LogP contribution < -0.4 is 0 Å². The number of benzene rings is 1. The summed E-state index contributed by atoms with van der Waals surface area (Å²) in [5.41, 5.74) is 4.60. The van der Waals surface area contributed by atoms with Gasteiger partial charge in [-0.15, -0.1) is 3.89 Å². The van der Waals surface area contributed by atoms with Crippen molar-refractivity contribution in [1.29, 1.82) is 0 Å². The quantitative estimate of drug-likeness (QED) is 0.501. The highest BCUT2D eigenvalue weighted by Crippen LogP contribution is 2.37. The van der Waals surface area contributed by atoms with Gasteiger partial charge in [0.25, 0.3) is 0 Å². The summed E-state index contributed by atoms with van der Waals surface area (Å²) in [5.74, 6) is -0.719. The maximum Gasteiger partial charge on any atom is 0.192 e. The second-order valence-electron chi connectivity index (χ2n) is 5.92. The van der Waals surface area contributed by atoms with Crippen molar-refractivity contribution in [1.82, 2.24) is 13.9 Å². The average Bonchev–Trinajstić information content (AvgIpc) is 3.26. The number of aromatic nitrogens is 3. The lowest BCUT2D eigenvalue weighted by Crippen LogP contribution is -2.22. The zero-order chi connectivity index (χ0) is 19.6.